The minimum absolute atomic E-state index is 0.0433. The molecule has 8 heteroatoms. The van der Waals surface area contributed by atoms with Gasteiger partial charge < -0.3 is 24.7 Å². The van der Waals surface area contributed by atoms with Crippen LogP contribution in [0.15, 0.2) is 48.0 Å². The molecule has 0 aromatic heterocycles. The number of hydrogen-bond donors (Lipinski definition) is 2. The summed E-state index contributed by atoms with van der Waals surface area (Å²) in [6.07, 6.45) is 0.577. The summed E-state index contributed by atoms with van der Waals surface area (Å²) in [6.45, 7) is 6.70. The Morgan fingerprint density at radius 2 is 1.85 bits per heavy atom. The average Bonchev–Trinajstić information content (AvgIpc) is 3.06. The summed E-state index contributed by atoms with van der Waals surface area (Å²) in [5.74, 6) is -2.86. The van der Waals surface area contributed by atoms with Gasteiger partial charge in [-0.3, -0.25) is 9.59 Å². The molecule has 3 rings (SSSR count). The molecule has 1 atom stereocenters. The van der Waals surface area contributed by atoms with Crippen LogP contribution in [0.2, 0.25) is 0 Å². The van der Waals surface area contributed by atoms with Gasteiger partial charge >= 0.3 is 0 Å². The number of carbonyl (C=O) groups is 2. The highest BCUT2D eigenvalue weighted by molar-refractivity contribution is 6.46. The third-order valence-electron chi connectivity index (χ3n) is 5.97. The number of likely N-dealkylation sites (tertiary alicyclic amines) is 1. The van der Waals surface area contributed by atoms with Gasteiger partial charge in [0.25, 0.3) is 11.7 Å². The molecule has 1 heterocycles. The number of nitrogens with zero attached hydrogens (tertiary/aromatic N) is 2. The molecule has 1 saturated heterocycles. The lowest BCUT2D eigenvalue weighted by Crippen LogP contribution is -2.33. The Labute approximate surface area is 192 Å². The molecule has 2 aromatic carbocycles. The van der Waals surface area contributed by atoms with Crippen LogP contribution < -0.4 is 4.74 Å². The lowest BCUT2D eigenvalue weighted by Gasteiger charge is -2.27. The van der Waals surface area contributed by atoms with E-state index in [4.69, 9.17) is 4.74 Å². The maximum Gasteiger partial charge on any atom is 0.295 e. The number of methoxy groups -OCH3 is 1. The Morgan fingerprint density at radius 3 is 2.45 bits per heavy atom. The van der Waals surface area contributed by atoms with Crippen molar-refractivity contribution in [2.75, 3.05) is 33.3 Å². The summed E-state index contributed by atoms with van der Waals surface area (Å²) in [6, 6.07) is 8.93. The van der Waals surface area contributed by atoms with Crippen molar-refractivity contribution in [1.82, 2.24) is 9.80 Å². The molecule has 2 N–H and O–H groups in total. The molecule has 1 aliphatic rings. The van der Waals surface area contributed by atoms with Crippen LogP contribution in [0, 0.1) is 5.82 Å². The summed E-state index contributed by atoms with van der Waals surface area (Å²) in [4.78, 5) is 29.5. The predicted octanol–water partition coefficient (Wildman–Crippen LogP) is 3.69. The third kappa shape index (κ3) is 4.85. The van der Waals surface area contributed by atoms with E-state index in [-0.39, 0.29) is 29.0 Å². The number of phenolic OH excluding ortho intramolecular Hbond substituents is 1. The average molecular weight is 457 g/mol. The van der Waals surface area contributed by atoms with E-state index in [1.165, 1.54) is 48.4 Å². The van der Waals surface area contributed by atoms with E-state index in [2.05, 4.69) is 4.90 Å². The number of Topliss-reactive ketones (excluding diaryl/α,β-unsaturated/α-hetero) is 1. The van der Waals surface area contributed by atoms with E-state index >= 15 is 0 Å². The van der Waals surface area contributed by atoms with Crippen LogP contribution >= 0.6 is 0 Å². The van der Waals surface area contributed by atoms with Crippen molar-refractivity contribution in [2.45, 2.75) is 26.3 Å². The van der Waals surface area contributed by atoms with Gasteiger partial charge in [0.05, 0.1) is 24.3 Å². The zero-order valence-electron chi connectivity index (χ0n) is 19.0. The predicted molar refractivity (Wildman–Crippen MR) is 122 cm³/mol. The van der Waals surface area contributed by atoms with Crippen LogP contribution in [0.25, 0.3) is 5.76 Å². The van der Waals surface area contributed by atoms with Gasteiger partial charge in [-0.05, 0) is 44.3 Å². The number of hydrogen-bond acceptors (Lipinski definition) is 6. The Bertz CT molecular complexity index is 1060. The number of halogens is 1. The van der Waals surface area contributed by atoms with Crippen molar-refractivity contribution >= 4 is 17.4 Å². The number of ether oxygens (including phenoxy) is 1. The van der Waals surface area contributed by atoms with Crippen molar-refractivity contribution in [3.8, 4) is 11.5 Å². The van der Waals surface area contributed by atoms with Crippen molar-refractivity contribution < 1.29 is 28.9 Å². The number of amides is 1. The number of rotatable bonds is 9. The number of ketones is 1. The fourth-order valence-electron chi connectivity index (χ4n) is 4.12. The summed E-state index contributed by atoms with van der Waals surface area (Å²) in [7, 11) is 1.43. The van der Waals surface area contributed by atoms with Gasteiger partial charge in [0.15, 0.2) is 0 Å². The first-order chi connectivity index (χ1) is 15.8. The van der Waals surface area contributed by atoms with Crippen LogP contribution in [0.5, 0.6) is 11.5 Å². The number of benzene rings is 2. The summed E-state index contributed by atoms with van der Waals surface area (Å²) < 4.78 is 19.9. The molecule has 2 aromatic rings. The molecule has 0 radical (unpaired) electrons. The van der Waals surface area contributed by atoms with Crippen molar-refractivity contribution in [2.24, 2.45) is 0 Å². The lowest BCUT2D eigenvalue weighted by molar-refractivity contribution is -0.140. The smallest absolute Gasteiger partial charge is 0.295 e. The third-order valence-corrected chi connectivity index (χ3v) is 5.97. The molecule has 0 saturated carbocycles. The molecule has 1 fully saturated rings. The topological polar surface area (TPSA) is 90.3 Å². The quantitative estimate of drug-likeness (QED) is 0.340. The van der Waals surface area contributed by atoms with E-state index in [9.17, 15) is 24.2 Å². The Hall–Kier alpha value is -3.39. The highest BCUT2D eigenvalue weighted by atomic mass is 19.1. The Balaban J connectivity index is 2.08. The molecule has 1 aliphatic heterocycles. The largest absolute Gasteiger partial charge is 0.507 e. The maximum atomic E-state index is 14.8. The first-order valence-corrected chi connectivity index (χ1v) is 11.0. The second kappa shape index (κ2) is 10.5. The number of phenols is 1. The standard InChI is InChI=1S/C25H29FN2O5/c1-4-27(5-2)13-8-14-28-22(17-9-6-7-10-19(17)26)21(24(31)25(28)32)23(30)18-12-11-16(33-3)15-20(18)29/h6-7,9-12,15,22,29-30H,4-5,8,13-14H2,1-3H3. The first kappa shape index (κ1) is 24.3. The van der Waals surface area contributed by atoms with Crippen molar-refractivity contribution in [3.05, 3.63) is 65.0 Å². The van der Waals surface area contributed by atoms with Crippen LogP contribution in [-0.4, -0.2) is 65.0 Å². The van der Waals surface area contributed by atoms with E-state index in [0.29, 0.717) is 18.7 Å². The Kier molecular flexibility index (Phi) is 7.71. The van der Waals surface area contributed by atoms with Gasteiger partial charge in [-0.15, -0.1) is 0 Å². The number of carbonyl (C=O) groups excluding carboxylic acids is 2. The summed E-state index contributed by atoms with van der Waals surface area (Å²) in [5, 5.41) is 21.4. The number of aliphatic hydroxyl groups excluding tert-OH is 1. The fourth-order valence-corrected chi connectivity index (χ4v) is 4.12. The van der Waals surface area contributed by atoms with Crippen molar-refractivity contribution in [1.29, 1.82) is 0 Å². The van der Waals surface area contributed by atoms with Crippen LogP contribution in [0.1, 0.15) is 37.4 Å². The van der Waals surface area contributed by atoms with Gasteiger partial charge in [-0.1, -0.05) is 32.0 Å². The monoisotopic (exact) mass is 456 g/mol. The van der Waals surface area contributed by atoms with E-state index in [1.807, 2.05) is 13.8 Å². The molecule has 1 unspecified atom stereocenters. The zero-order valence-corrected chi connectivity index (χ0v) is 19.0. The van der Waals surface area contributed by atoms with Crippen molar-refractivity contribution in [3.63, 3.8) is 0 Å². The van der Waals surface area contributed by atoms with Crippen LogP contribution in [0.4, 0.5) is 4.39 Å². The highest BCUT2D eigenvalue weighted by Crippen LogP contribution is 2.42. The molecular formula is C25H29FN2O5. The zero-order chi connectivity index (χ0) is 24.1. The minimum Gasteiger partial charge on any atom is -0.507 e. The summed E-state index contributed by atoms with van der Waals surface area (Å²) >= 11 is 0. The second-order valence-electron chi connectivity index (χ2n) is 7.78. The normalized spacial score (nSPS) is 17.7. The lowest BCUT2D eigenvalue weighted by atomic mass is 9.94. The van der Waals surface area contributed by atoms with Crippen LogP contribution in [-0.2, 0) is 9.59 Å². The highest BCUT2D eigenvalue weighted by Gasteiger charge is 2.46. The van der Waals surface area contributed by atoms with Gasteiger partial charge in [-0.25, -0.2) is 4.39 Å². The van der Waals surface area contributed by atoms with Gasteiger partial charge in [0.2, 0.25) is 0 Å². The van der Waals surface area contributed by atoms with Gasteiger partial charge in [0.1, 0.15) is 23.1 Å². The van der Waals surface area contributed by atoms with Crippen LogP contribution in [0.3, 0.4) is 0 Å². The molecule has 0 aliphatic carbocycles. The Morgan fingerprint density at radius 1 is 1.15 bits per heavy atom. The maximum absolute atomic E-state index is 14.8. The number of aliphatic hydroxyl groups is 1. The van der Waals surface area contributed by atoms with E-state index in [0.717, 1.165) is 13.1 Å². The fraction of sp³-hybridized carbons (Fsp3) is 0.360. The second-order valence-corrected chi connectivity index (χ2v) is 7.78. The molecule has 33 heavy (non-hydrogen) atoms. The van der Waals surface area contributed by atoms with Gasteiger partial charge in [0, 0.05) is 18.2 Å². The minimum atomic E-state index is -1.11. The molecule has 0 bridgehead atoms. The SMILES string of the molecule is CCN(CC)CCCN1C(=O)C(=O)C(=C(O)c2ccc(OC)cc2O)C1c1ccccc1F. The molecule has 0 spiro atoms. The molecule has 1 amide bonds. The molecular weight excluding hydrogens is 427 g/mol. The van der Waals surface area contributed by atoms with E-state index in [1.54, 1.807) is 6.07 Å². The first-order valence-electron chi connectivity index (χ1n) is 11.0. The summed E-state index contributed by atoms with van der Waals surface area (Å²) in [5.41, 5.74) is -0.194. The van der Waals surface area contributed by atoms with Gasteiger partial charge in [-0.2, -0.15) is 0 Å². The molecule has 7 nitrogen and oxygen atoms in total. The molecule has 176 valence electrons. The van der Waals surface area contributed by atoms with E-state index < -0.39 is 29.3 Å². The number of aromatic hydroxyl groups is 1.